The first-order chi connectivity index (χ1) is 11.3. The van der Waals surface area contributed by atoms with Gasteiger partial charge in [0, 0.05) is 43.9 Å². The molecule has 1 aliphatic rings. The maximum Gasteiger partial charge on any atom is 0.410 e. The molecule has 1 aromatic heterocycles. The Hall–Kier alpha value is -2.11. The average molecular weight is 334 g/mol. The van der Waals surface area contributed by atoms with Crippen molar-refractivity contribution in [3.63, 3.8) is 0 Å². The predicted octanol–water partition coefficient (Wildman–Crippen LogP) is 3.33. The van der Waals surface area contributed by atoms with Gasteiger partial charge in [0.2, 0.25) is 0 Å². The van der Waals surface area contributed by atoms with Crippen LogP contribution < -0.4 is 0 Å². The highest BCUT2D eigenvalue weighted by Crippen LogP contribution is 2.34. The quantitative estimate of drug-likeness (QED) is 0.793. The molecule has 132 valence electrons. The monoisotopic (exact) mass is 334 g/mol. The van der Waals surface area contributed by atoms with Gasteiger partial charge in [0.25, 0.3) is 0 Å². The lowest BCUT2D eigenvalue weighted by Crippen LogP contribution is -2.42. The third-order valence-corrected chi connectivity index (χ3v) is 3.93. The molecule has 6 heteroatoms. The number of amides is 1. The third kappa shape index (κ3) is 5.22. The van der Waals surface area contributed by atoms with E-state index in [-0.39, 0.29) is 24.1 Å². The van der Waals surface area contributed by atoms with E-state index in [0.29, 0.717) is 13.1 Å². The van der Waals surface area contributed by atoms with Crippen LogP contribution in [0.15, 0.2) is 24.5 Å². The van der Waals surface area contributed by atoms with Crippen LogP contribution in [0.1, 0.15) is 52.2 Å². The van der Waals surface area contributed by atoms with Crippen molar-refractivity contribution in [2.45, 2.75) is 52.2 Å². The fourth-order valence-electron chi connectivity index (χ4n) is 2.87. The van der Waals surface area contributed by atoms with Crippen molar-refractivity contribution in [1.29, 1.82) is 0 Å². The summed E-state index contributed by atoms with van der Waals surface area (Å²) in [7, 11) is 0. The first-order valence-electron chi connectivity index (χ1n) is 8.31. The van der Waals surface area contributed by atoms with Crippen LogP contribution in [0.5, 0.6) is 0 Å². The van der Waals surface area contributed by atoms with Gasteiger partial charge in [-0.15, -0.1) is 0 Å². The van der Waals surface area contributed by atoms with E-state index < -0.39 is 5.60 Å². The molecule has 2 heterocycles. The van der Waals surface area contributed by atoms with Crippen LogP contribution in [0.2, 0.25) is 0 Å². The number of esters is 1. The summed E-state index contributed by atoms with van der Waals surface area (Å²) >= 11 is 0. The van der Waals surface area contributed by atoms with Crippen molar-refractivity contribution in [2.24, 2.45) is 5.92 Å². The number of aromatic nitrogens is 1. The van der Waals surface area contributed by atoms with Crippen molar-refractivity contribution < 1.29 is 19.1 Å². The second-order valence-electron chi connectivity index (χ2n) is 7.12. The second-order valence-corrected chi connectivity index (χ2v) is 7.12. The Bertz CT molecular complexity index is 560. The number of rotatable bonds is 3. The summed E-state index contributed by atoms with van der Waals surface area (Å²) in [5, 5.41) is 0. The van der Waals surface area contributed by atoms with E-state index in [0.717, 1.165) is 18.4 Å². The maximum atomic E-state index is 12.1. The standard InChI is InChI=1S/C18H26N2O4/c1-13(21)23-16(15-6-5-9-19-12-15)14-7-10-20(11-8-14)17(22)24-18(2,3)4/h5-6,9,12,14,16H,7-8,10-11H2,1-4H3. The number of piperidine rings is 1. The van der Waals surface area contributed by atoms with Crippen LogP contribution in [-0.2, 0) is 14.3 Å². The molecule has 1 amide bonds. The smallest absolute Gasteiger partial charge is 0.410 e. The van der Waals surface area contributed by atoms with E-state index in [1.165, 1.54) is 6.92 Å². The lowest BCUT2D eigenvalue weighted by atomic mass is 9.88. The van der Waals surface area contributed by atoms with Crippen LogP contribution in [0.25, 0.3) is 0 Å². The molecule has 0 saturated carbocycles. The molecule has 0 aliphatic carbocycles. The Balaban J connectivity index is 2.00. The van der Waals surface area contributed by atoms with Gasteiger partial charge >= 0.3 is 12.1 Å². The second kappa shape index (κ2) is 7.64. The molecule has 1 fully saturated rings. The zero-order valence-electron chi connectivity index (χ0n) is 14.8. The Morgan fingerprint density at radius 1 is 1.29 bits per heavy atom. The molecule has 0 radical (unpaired) electrons. The van der Waals surface area contributed by atoms with Gasteiger partial charge in [-0.3, -0.25) is 9.78 Å². The first kappa shape index (κ1) is 18.2. The van der Waals surface area contributed by atoms with E-state index >= 15 is 0 Å². The highest BCUT2D eigenvalue weighted by Gasteiger charge is 2.33. The molecular formula is C18H26N2O4. The molecule has 2 rings (SSSR count). The van der Waals surface area contributed by atoms with Crippen LogP contribution >= 0.6 is 0 Å². The summed E-state index contributed by atoms with van der Waals surface area (Å²) < 4.78 is 11.0. The average Bonchev–Trinajstić information content (AvgIpc) is 2.52. The molecule has 0 bridgehead atoms. The van der Waals surface area contributed by atoms with Crippen molar-refractivity contribution >= 4 is 12.1 Å². The number of pyridine rings is 1. The first-order valence-corrected chi connectivity index (χ1v) is 8.31. The number of likely N-dealkylation sites (tertiary alicyclic amines) is 1. The lowest BCUT2D eigenvalue weighted by molar-refractivity contribution is -0.150. The predicted molar refractivity (Wildman–Crippen MR) is 89.3 cm³/mol. The maximum absolute atomic E-state index is 12.1. The number of carbonyl (C=O) groups is 2. The fraction of sp³-hybridized carbons (Fsp3) is 0.611. The van der Waals surface area contributed by atoms with Crippen LogP contribution in [0.4, 0.5) is 4.79 Å². The molecule has 1 unspecified atom stereocenters. The summed E-state index contributed by atoms with van der Waals surface area (Å²) in [6.45, 7) is 8.18. The molecule has 24 heavy (non-hydrogen) atoms. The van der Waals surface area contributed by atoms with Gasteiger partial charge in [-0.25, -0.2) is 4.79 Å². The molecule has 1 aliphatic heterocycles. The van der Waals surface area contributed by atoms with E-state index in [1.54, 1.807) is 17.3 Å². The SMILES string of the molecule is CC(=O)OC(c1cccnc1)C1CCN(C(=O)OC(C)(C)C)CC1. The van der Waals surface area contributed by atoms with Crippen molar-refractivity contribution in [1.82, 2.24) is 9.88 Å². The minimum atomic E-state index is -0.496. The molecule has 1 atom stereocenters. The van der Waals surface area contributed by atoms with Gasteiger partial charge in [0.15, 0.2) is 0 Å². The number of carbonyl (C=O) groups excluding carboxylic acids is 2. The molecule has 0 spiro atoms. The van der Waals surface area contributed by atoms with Gasteiger partial charge in [0.05, 0.1) is 0 Å². The Kier molecular flexibility index (Phi) is 5.80. The van der Waals surface area contributed by atoms with Crippen LogP contribution in [0, 0.1) is 5.92 Å². The largest absolute Gasteiger partial charge is 0.457 e. The van der Waals surface area contributed by atoms with Crippen molar-refractivity contribution in [3.8, 4) is 0 Å². The molecule has 6 nitrogen and oxygen atoms in total. The lowest BCUT2D eigenvalue weighted by Gasteiger charge is -2.36. The minimum absolute atomic E-state index is 0.164. The molecule has 1 saturated heterocycles. The molecular weight excluding hydrogens is 308 g/mol. The van der Waals surface area contributed by atoms with Gasteiger partial charge in [-0.05, 0) is 39.7 Å². The van der Waals surface area contributed by atoms with Crippen LogP contribution in [0.3, 0.4) is 0 Å². The number of ether oxygens (including phenoxy) is 2. The minimum Gasteiger partial charge on any atom is -0.457 e. The summed E-state index contributed by atoms with van der Waals surface area (Å²) in [5.74, 6) is -0.143. The Morgan fingerprint density at radius 2 is 1.96 bits per heavy atom. The normalized spacial score (nSPS) is 17.2. The summed E-state index contributed by atoms with van der Waals surface area (Å²) in [6, 6.07) is 3.75. The zero-order valence-corrected chi connectivity index (χ0v) is 14.8. The van der Waals surface area contributed by atoms with Gasteiger partial charge in [0.1, 0.15) is 11.7 Å². The third-order valence-electron chi connectivity index (χ3n) is 3.93. The van der Waals surface area contributed by atoms with Gasteiger partial charge in [-0.2, -0.15) is 0 Å². The molecule has 1 aromatic rings. The highest BCUT2D eigenvalue weighted by atomic mass is 16.6. The Labute approximate surface area is 143 Å². The molecule has 0 aromatic carbocycles. The van der Waals surface area contributed by atoms with E-state index in [2.05, 4.69) is 4.98 Å². The van der Waals surface area contributed by atoms with Crippen molar-refractivity contribution in [2.75, 3.05) is 13.1 Å². The Morgan fingerprint density at radius 3 is 2.46 bits per heavy atom. The summed E-state index contributed by atoms with van der Waals surface area (Å²) in [4.78, 5) is 29.5. The van der Waals surface area contributed by atoms with E-state index in [1.807, 2.05) is 32.9 Å². The highest BCUT2D eigenvalue weighted by molar-refractivity contribution is 5.68. The topological polar surface area (TPSA) is 68.7 Å². The summed E-state index contributed by atoms with van der Waals surface area (Å²) in [6.07, 6.45) is 4.33. The van der Waals surface area contributed by atoms with Gasteiger partial charge < -0.3 is 14.4 Å². The molecule has 0 N–H and O–H groups in total. The van der Waals surface area contributed by atoms with E-state index in [9.17, 15) is 9.59 Å². The zero-order chi connectivity index (χ0) is 17.7. The number of hydrogen-bond donors (Lipinski definition) is 0. The number of nitrogens with zero attached hydrogens (tertiary/aromatic N) is 2. The van der Waals surface area contributed by atoms with Crippen molar-refractivity contribution in [3.05, 3.63) is 30.1 Å². The number of hydrogen-bond acceptors (Lipinski definition) is 5. The summed E-state index contributed by atoms with van der Waals surface area (Å²) in [5.41, 5.74) is 0.396. The fourth-order valence-corrected chi connectivity index (χ4v) is 2.87. The van der Waals surface area contributed by atoms with E-state index in [4.69, 9.17) is 9.47 Å². The van der Waals surface area contributed by atoms with Gasteiger partial charge in [-0.1, -0.05) is 6.07 Å². The van der Waals surface area contributed by atoms with Crippen LogP contribution in [-0.4, -0.2) is 40.6 Å².